The van der Waals surface area contributed by atoms with Crippen LogP contribution in [0.2, 0.25) is 0 Å². The molecule has 0 aliphatic carbocycles. The maximum Gasteiger partial charge on any atom is 0.471 e. The Bertz CT molecular complexity index is 1520. The van der Waals surface area contributed by atoms with Crippen molar-refractivity contribution in [3.63, 3.8) is 0 Å². The van der Waals surface area contributed by atoms with E-state index < -0.39 is 36.3 Å². The normalized spacial score (nSPS) is 21.8. The van der Waals surface area contributed by atoms with E-state index in [1.54, 1.807) is 60.7 Å². The summed E-state index contributed by atoms with van der Waals surface area (Å²) in [4.78, 5) is 37.4. The van der Waals surface area contributed by atoms with Crippen molar-refractivity contribution < 1.29 is 47.2 Å². The Balaban J connectivity index is 1.30. The number of anilines is 1. The summed E-state index contributed by atoms with van der Waals surface area (Å²) in [5.41, 5.74) is 2.78. The van der Waals surface area contributed by atoms with Crippen LogP contribution in [-0.4, -0.2) is 63.5 Å². The second-order valence-electron chi connectivity index (χ2n) is 10.7. The second kappa shape index (κ2) is 14.0. The topological polar surface area (TPSA) is 125 Å². The Morgan fingerprint density at radius 3 is 2.31 bits per heavy atom. The number of ether oxygens (including phenoxy) is 2. The molecule has 0 saturated carbocycles. The number of rotatable bonds is 9. The Morgan fingerprint density at radius 1 is 0.956 bits per heavy atom. The fourth-order valence-corrected chi connectivity index (χ4v) is 6.43. The number of nitrogens with zero attached hydrogens (tertiary/aromatic N) is 1. The number of likely N-dealkylation sites (tertiary alicyclic amines) is 1. The van der Waals surface area contributed by atoms with Crippen molar-refractivity contribution in [2.75, 3.05) is 17.6 Å². The van der Waals surface area contributed by atoms with E-state index in [1.807, 2.05) is 12.1 Å². The molecular weight excluding hydrogens is 613 g/mol. The zero-order valence-corrected chi connectivity index (χ0v) is 24.7. The van der Waals surface area contributed by atoms with Gasteiger partial charge < -0.3 is 29.9 Å². The summed E-state index contributed by atoms with van der Waals surface area (Å²) >= 11 is 1.37. The third kappa shape index (κ3) is 7.85. The van der Waals surface area contributed by atoms with Crippen LogP contribution in [0, 0.1) is 0 Å². The average Bonchev–Trinajstić information content (AvgIpc) is 3.53. The summed E-state index contributed by atoms with van der Waals surface area (Å²) in [6, 6.07) is 19.4. The van der Waals surface area contributed by atoms with Crippen molar-refractivity contribution in [1.82, 2.24) is 4.90 Å². The SMILES string of the molecule is O=C(O)c1ccccc1SC[C@H]1C[C@@H](c2ccc(CO)cc2)O[C@@H](c2ccc(NC(=O)[C@@H]3CCCN3C(=O)C(F)(F)F)cc2)O1. The van der Waals surface area contributed by atoms with Gasteiger partial charge in [0, 0.05) is 34.9 Å². The Kier molecular flexibility index (Phi) is 10.1. The van der Waals surface area contributed by atoms with Gasteiger partial charge in [0.2, 0.25) is 5.91 Å². The highest BCUT2D eigenvalue weighted by molar-refractivity contribution is 7.99. The highest BCUT2D eigenvalue weighted by atomic mass is 32.2. The first-order valence-corrected chi connectivity index (χ1v) is 15.3. The lowest BCUT2D eigenvalue weighted by molar-refractivity contribution is -0.245. The maximum absolute atomic E-state index is 13.0. The summed E-state index contributed by atoms with van der Waals surface area (Å²) in [7, 11) is 0. The van der Waals surface area contributed by atoms with Crippen LogP contribution in [-0.2, 0) is 25.7 Å². The molecular formula is C32H31F3N2O7S. The summed E-state index contributed by atoms with van der Waals surface area (Å²) < 4.78 is 51.6. The van der Waals surface area contributed by atoms with E-state index >= 15 is 0 Å². The van der Waals surface area contributed by atoms with Crippen LogP contribution in [0.4, 0.5) is 18.9 Å². The average molecular weight is 645 g/mol. The summed E-state index contributed by atoms with van der Waals surface area (Å²) in [6.07, 6.45) is -5.68. The number of halogens is 3. The number of aromatic carboxylic acids is 1. The quantitative estimate of drug-likeness (QED) is 0.253. The number of carbonyl (C=O) groups excluding carboxylic acids is 2. The van der Waals surface area contributed by atoms with Crippen molar-refractivity contribution in [3.05, 3.63) is 95.1 Å². The molecule has 45 heavy (non-hydrogen) atoms. The highest BCUT2D eigenvalue weighted by Crippen LogP contribution is 2.40. The fourth-order valence-electron chi connectivity index (χ4n) is 5.37. The molecule has 2 amide bonds. The van der Waals surface area contributed by atoms with E-state index in [-0.39, 0.29) is 37.3 Å². The monoisotopic (exact) mass is 644 g/mol. The lowest BCUT2D eigenvalue weighted by atomic mass is 10.0. The van der Waals surface area contributed by atoms with Crippen molar-refractivity contribution in [3.8, 4) is 0 Å². The summed E-state index contributed by atoms with van der Waals surface area (Å²) in [6.45, 7) is -0.239. The number of carbonyl (C=O) groups is 3. The van der Waals surface area contributed by atoms with E-state index in [0.29, 0.717) is 39.6 Å². The standard InChI is InChI=1S/C32H31F3N2O7S/c33-32(34,35)31(42)37-15-3-5-25(37)28(39)36-22-13-11-21(12-14-22)30-43-23(18-45-27-6-2-1-4-24(27)29(40)41)16-26(44-30)20-9-7-19(17-38)8-10-20/h1-2,4,6-14,23,25-26,30,38H,3,5,15-18H2,(H,36,39)(H,40,41)/t23-,25+,26+,30+/m1/s1. The van der Waals surface area contributed by atoms with Crippen LogP contribution in [0.3, 0.4) is 0 Å². The summed E-state index contributed by atoms with van der Waals surface area (Å²) in [5, 5.41) is 21.6. The Morgan fingerprint density at radius 2 is 1.64 bits per heavy atom. The molecule has 13 heteroatoms. The molecule has 3 N–H and O–H groups in total. The molecule has 5 rings (SSSR count). The number of amides is 2. The smallest absolute Gasteiger partial charge is 0.471 e. The lowest BCUT2D eigenvalue weighted by Gasteiger charge is -2.36. The zero-order valence-electron chi connectivity index (χ0n) is 23.9. The maximum atomic E-state index is 13.0. The van der Waals surface area contributed by atoms with Gasteiger partial charge in [-0.2, -0.15) is 13.2 Å². The van der Waals surface area contributed by atoms with E-state index in [9.17, 15) is 37.8 Å². The predicted octanol–water partition coefficient (Wildman–Crippen LogP) is 5.71. The molecule has 0 aromatic heterocycles. The van der Waals surface area contributed by atoms with E-state index in [2.05, 4.69) is 5.32 Å². The highest BCUT2D eigenvalue weighted by Gasteiger charge is 2.47. The van der Waals surface area contributed by atoms with Crippen LogP contribution in [0.15, 0.2) is 77.7 Å². The molecule has 0 bridgehead atoms. The molecule has 3 aromatic rings. The number of hydrogen-bond acceptors (Lipinski definition) is 7. The van der Waals surface area contributed by atoms with Crippen LogP contribution in [0.5, 0.6) is 0 Å². The number of hydrogen-bond donors (Lipinski definition) is 3. The number of thioether (sulfide) groups is 1. The molecule has 2 fully saturated rings. The molecule has 2 saturated heterocycles. The van der Waals surface area contributed by atoms with Gasteiger partial charge in [0.15, 0.2) is 6.29 Å². The molecule has 2 aliphatic heterocycles. The zero-order chi connectivity index (χ0) is 32.1. The number of aliphatic hydroxyl groups is 1. The van der Waals surface area contributed by atoms with Crippen LogP contribution in [0.1, 0.15) is 58.7 Å². The van der Waals surface area contributed by atoms with Crippen LogP contribution in [0.25, 0.3) is 0 Å². The van der Waals surface area contributed by atoms with Gasteiger partial charge in [-0.1, -0.05) is 48.5 Å². The summed E-state index contributed by atoms with van der Waals surface area (Å²) in [5.74, 6) is -3.31. The number of alkyl halides is 3. The third-order valence-electron chi connectivity index (χ3n) is 7.67. The number of carboxylic acid groups (broad SMARTS) is 1. The molecule has 9 nitrogen and oxygen atoms in total. The number of benzene rings is 3. The van der Waals surface area contributed by atoms with E-state index in [4.69, 9.17) is 9.47 Å². The molecule has 2 aliphatic rings. The molecule has 238 valence electrons. The van der Waals surface area contributed by atoms with E-state index in [0.717, 1.165) is 11.1 Å². The van der Waals surface area contributed by atoms with Crippen molar-refractivity contribution in [2.24, 2.45) is 0 Å². The first-order valence-electron chi connectivity index (χ1n) is 14.3. The van der Waals surface area contributed by atoms with Crippen LogP contribution >= 0.6 is 11.8 Å². The minimum absolute atomic E-state index is 0.0971. The molecule has 4 atom stereocenters. The minimum atomic E-state index is -5.06. The number of nitrogens with one attached hydrogen (secondary N) is 1. The van der Waals surface area contributed by atoms with Gasteiger partial charge in [-0.15, -0.1) is 11.8 Å². The predicted molar refractivity (Wildman–Crippen MR) is 158 cm³/mol. The van der Waals surface area contributed by atoms with Crippen molar-refractivity contribution >= 4 is 35.2 Å². The van der Waals surface area contributed by atoms with Crippen LogP contribution < -0.4 is 5.32 Å². The first kappa shape index (κ1) is 32.5. The molecule has 0 radical (unpaired) electrons. The fraction of sp³-hybridized carbons (Fsp3) is 0.344. The van der Waals surface area contributed by atoms with E-state index in [1.165, 1.54) is 11.8 Å². The second-order valence-corrected chi connectivity index (χ2v) is 11.8. The molecule has 0 spiro atoms. The third-order valence-corrected chi connectivity index (χ3v) is 8.87. The molecule has 0 unspecified atom stereocenters. The minimum Gasteiger partial charge on any atom is -0.478 e. The van der Waals surface area contributed by atoms with Gasteiger partial charge in [0.1, 0.15) is 6.04 Å². The lowest BCUT2D eigenvalue weighted by Crippen LogP contribution is -2.48. The Hall–Kier alpha value is -3.91. The largest absolute Gasteiger partial charge is 0.478 e. The number of carboxylic acids is 1. The van der Waals surface area contributed by atoms with Gasteiger partial charge in [-0.25, -0.2) is 4.79 Å². The van der Waals surface area contributed by atoms with Crippen molar-refractivity contribution in [2.45, 2.75) is 61.5 Å². The van der Waals surface area contributed by atoms with Gasteiger partial charge >= 0.3 is 18.1 Å². The van der Waals surface area contributed by atoms with Gasteiger partial charge in [0.25, 0.3) is 0 Å². The van der Waals surface area contributed by atoms with Gasteiger partial charge in [-0.05, 0) is 48.2 Å². The Labute approximate surface area is 261 Å². The van der Waals surface area contributed by atoms with Gasteiger partial charge in [0.05, 0.1) is 24.4 Å². The number of aliphatic hydroxyl groups excluding tert-OH is 1. The first-order chi connectivity index (χ1) is 21.5. The molecule has 3 aromatic carbocycles. The molecule has 2 heterocycles. The van der Waals surface area contributed by atoms with Gasteiger partial charge in [-0.3, -0.25) is 9.59 Å². The van der Waals surface area contributed by atoms with Crippen molar-refractivity contribution in [1.29, 1.82) is 0 Å².